The van der Waals surface area contributed by atoms with E-state index >= 15 is 0 Å². The molecule has 0 aromatic carbocycles. The normalized spacial score (nSPS) is 25.7. The van der Waals surface area contributed by atoms with Crippen LogP contribution in [0.5, 0.6) is 0 Å². The van der Waals surface area contributed by atoms with Crippen LogP contribution in [0.3, 0.4) is 0 Å². The number of hydrogen-bond donors (Lipinski definition) is 1. The molecule has 2 aliphatic heterocycles. The lowest BCUT2D eigenvalue weighted by Crippen LogP contribution is -2.50. The number of aromatic nitrogens is 2. The van der Waals surface area contributed by atoms with Gasteiger partial charge in [0.05, 0.1) is 24.5 Å². The summed E-state index contributed by atoms with van der Waals surface area (Å²) >= 11 is 0. The molecule has 23 heavy (non-hydrogen) atoms. The van der Waals surface area contributed by atoms with E-state index in [1.165, 1.54) is 12.8 Å². The fourth-order valence-electron chi connectivity index (χ4n) is 3.46. The molecule has 7 heteroatoms. The lowest BCUT2D eigenvalue weighted by atomic mass is 10.2. The summed E-state index contributed by atoms with van der Waals surface area (Å²) in [6, 6.07) is 0.772. The highest BCUT2D eigenvalue weighted by Gasteiger charge is 2.32. The molecule has 2 amide bonds. The SMILES string of the molecule is O=C(Nc1cnn(C[C@@H]2CCCO2)c1)N1CCN(C2CC2)CC1. The van der Waals surface area contributed by atoms with Crippen molar-refractivity contribution >= 4 is 11.7 Å². The van der Waals surface area contributed by atoms with Crippen LogP contribution >= 0.6 is 0 Å². The summed E-state index contributed by atoms with van der Waals surface area (Å²) in [5, 5.41) is 7.28. The van der Waals surface area contributed by atoms with Crippen LogP contribution in [0.15, 0.2) is 12.4 Å². The number of piperazine rings is 1. The predicted molar refractivity (Wildman–Crippen MR) is 86.4 cm³/mol. The van der Waals surface area contributed by atoms with Crippen LogP contribution in [0.1, 0.15) is 25.7 Å². The number of hydrogen-bond acceptors (Lipinski definition) is 4. The molecule has 1 aliphatic carbocycles. The highest BCUT2D eigenvalue weighted by Crippen LogP contribution is 2.27. The number of nitrogens with one attached hydrogen (secondary N) is 1. The second-order valence-corrected chi connectivity index (χ2v) is 6.77. The van der Waals surface area contributed by atoms with Crippen molar-refractivity contribution in [3.05, 3.63) is 12.4 Å². The highest BCUT2D eigenvalue weighted by atomic mass is 16.5. The van der Waals surface area contributed by atoms with Crippen LogP contribution in [-0.2, 0) is 11.3 Å². The maximum absolute atomic E-state index is 12.3. The van der Waals surface area contributed by atoms with Crippen molar-refractivity contribution < 1.29 is 9.53 Å². The lowest BCUT2D eigenvalue weighted by molar-refractivity contribution is 0.0940. The Morgan fingerprint density at radius 3 is 2.78 bits per heavy atom. The third-order valence-corrected chi connectivity index (χ3v) is 4.96. The van der Waals surface area contributed by atoms with Crippen molar-refractivity contribution in [1.82, 2.24) is 19.6 Å². The molecule has 0 bridgehead atoms. The third-order valence-electron chi connectivity index (χ3n) is 4.96. The van der Waals surface area contributed by atoms with E-state index in [9.17, 15) is 4.79 Å². The number of carbonyl (C=O) groups excluding carboxylic acids is 1. The zero-order valence-corrected chi connectivity index (χ0v) is 13.5. The maximum Gasteiger partial charge on any atom is 0.322 e. The van der Waals surface area contributed by atoms with Crippen molar-refractivity contribution in [2.24, 2.45) is 0 Å². The number of nitrogens with zero attached hydrogens (tertiary/aromatic N) is 4. The molecule has 0 unspecified atom stereocenters. The number of anilines is 1. The standard InChI is InChI=1S/C16H25N5O2/c22-16(20-7-5-19(6-8-20)14-3-4-14)18-13-10-17-21(11-13)12-15-2-1-9-23-15/h10-11,14-15H,1-9,12H2,(H,18,22)/t15-/m0/s1. The van der Waals surface area contributed by atoms with E-state index in [1.807, 2.05) is 15.8 Å². The molecule has 1 N–H and O–H groups in total. The van der Waals surface area contributed by atoms with Crippen LogP contribution in [-0.4, -0.2) is 70.5 Å². The van der Waals surface area contributed by atoms with E-state index in [2.05, 4.69) is 15.3 Å². The van der Waals surface area contributed by atoms with Gasteiger partial charge in [-0.15, -0.1) is 0 Å². The molecule has 1 aromatic heterocycles. The fraction of sp³-hybridized carbons (Fsp3) is 0.750. The van der Waals surface area contributed by atoms with Gasteiger partial charge in [-0.25, -0.2) is 4.79 Å². The summed E-state index contributed by atoms with van der Waals surface area (Å²) in [5.41, 5.74) is 0.762. The molecular weight excluding hydrogens is 294 g/mol. The second kappa shape index (κ2) is 6.49. The van der Waals surface area contributed by atoms with E-state index in [-0.39, 0.29) is 12.1 Å². The summed E-state index contributed by atoms with van der Waals surface area (Å²) in [5.74, 6) is 0. The molecule has 0 spiro atoms. The van der Waals surface area contributed by atoms with Gasteiger partial charge in [0, 0.05) is 45.0 Å². The Hall–Kier alpha value is -1.60. The fourth-order valence-corrected chi connectivity index (χ4v) is 3.46. The van der Waals surface area contributed by atoms with Crippen molar-refractivity contribution in [2.75, 3.05) is 38.1 Å². The molecule has 0 radical (unpaired) electrons. The van der Waals surface area contributed by atoms with Crippen molar-refractivity contribution in [3.8, 4) is 0 Å². The largest absolute Gasteiger partial charge is 0.376 e. The van der Waals surface area contributed by atoms with Crippen molar-refractivity contribution in [1.29, 1.82) is 0 Å². The van der Waals surface area contributed by atoms with Crippen LogP contribution < -0.4 is 5.32 Å². The maximum atomic E-state index is 12.3. The summed E-state index contributed by atoms with van der Waals surface area (Å²) in [6.45, 7) is 5.23. The van der Waals surface area contributed by atoms with Gasteiger partial charge in [0.1, 0.15) is 0 Å². The topological polar surface area (TPSA) is 62.6 Å². The van der Waals surface area contributed by atoms with Crippen LogP contribution in [0.25, 0.3) is 0 Å². The van der Waals surface area contributed by atoms with Crippen molar-refractivity contribution in [3.63, 3.8) is 0 Å². The molecule has 3 heterocycles. The van der Waals surface area contributed by atoms with Crippen LogP contribution in [0, 0.1) is 0 Å². The van der Waals surface area contributed by atoms with Gasteiger partial charge in [-0.3, -0.25) is 9.58 Å². The zero-order valence-electron chi connectivity index (χ0n) is 13.5. The summed E-state index contributed by atoms with van der Waals surface area (Å²) in [4.78, 5) is 16.8. The average molecular weight is 319 g/mol. The van der Waals surface area contributed by atoms with E-state index in [0.29, 0.717) is 0 Å². The molecular formula is C16H25N5O2. The minimum atomic E-state index is -0.0166. The van der Waals surface area contributed by atoms with Gasteiger partial charge in [-0.1, -0.05) is 0 Å². The molecule has 1 atom stereocenters. The number of carbonyl (C=O) groups is 1. The molecule has 4 rings (SSSR count). The minimum Gasteiger partial charge on any atom is -0.376 e. The van der Waals surface area contributed by atoms with Gasteiger partial charge in [0.25, 0.3) is 0 Å². The summed E-state index contributed by atoms with van der Waals surface area (Å²) in [7, 11) is 0. The second-order valence-electron chi connectivity index (χ2n) is 6.77. The predicted octanol–water partition coefficient (Wildman–Crippen LogP) is 1.37. The molecule has 126 valence electrons. The Kier molecular flexibility index (Phi) is 4.22. The van der Waals surface area contributed by atoms with Crippen LogP contribution in [0.2, 0.25) is 0 Å². The monoisotopic (exact) mass is 319 g/mol. The minimum absolute atomic E-state index is 0.0166. The first-order valence-electron chi connectivity index (χ1n) is 8.72. The zero-order chi connectivity index (χ0) is 15.6. The first-order valence-corrected chi connectivity index (χ1v) is 8.72. The molecule has 1 saturated carbocycles. The average Bonchev–Trinajstić information content (AvgIpc) is 3.13. The van der Waals surface area contributed by atoms with Gasteiger partial charge in [-0.05, 0) is 25.7 Å². The van der Waals surface area contributed by atoms with E-state index in [4.69, 9.17) is 4.74 Å². The van der Waals surface area contributed by atoms with E-state index < -0.39 is 0 Å². The summed E-state index contributed by atoms with van der Waals surface area (Å²) in [6.07, 6.45) is 8.74. The van der Waals surface area contributed by atoms with Gasteiger partial charge >= 0.3 is 6.03 Å². The molecule has 3 aliphatic rings. The van der Waals surface area contributed by atoms with Crippen LogP contribution in [0.4, 0.5) is 10.5 Å². The Labute approximate surface area is 136 Å². The van der Waals surface area contributed by atoms with Crippen molar-refractivity contribution in [2.45, 2.75) is 44.4 Å². The smallest absolute Gasteiger partial charge is 0.322 e. The number of ether oxygens (including phenoxy) is 1. The number of amides is 2. The van der Waals surface area contributed by atoms with Gasteiger partial charge in [0.15, 0.2) is 0 Å². The Morgan fingerprint density at radius 1 is 1.26 bits per heavy atom. The first-order chi connectivity index (χ1) is 11.3. The van der Waals surface area contributed by atoms with Gasteiger partial charge in [-0.2, -0.15) is 5.10 Å². The van der Waals surface area contributed by atoms with Gasteiger partial charge < -0.3 is 15.0 Å². The van der Waals surface area contributed by atoms with Gasteiger partial charge in [0.2, 0.25) is 0 Å². The third kappa shape index (κ3) is 3.67. The highest BCUT2D eigenvalue weighted by molar-refractivity contribution is 5.89. The molecule has 2 saturated heterocycles. The van der Waals surface area contributed by atoms with E-state index in [0.717, 1.165) is 63.9 Å². The first kappa shape index (κ1) is 15.0. The summed E-state index contributed by atoms with van der Waals surface area (Å²) < 4.78 is 7.47. The Balaban J connectivity index is 1.26. The molecule has 3 fully saturated rings. The molecule has 1 aromatic rings. The Morgan fingerprint density at radius 2 is 2.09 bits per heavy atom. The molecule has 7 nitrogen and oxygen atoms in total. The number of rotatable bonds is 4. The number of urea groups is 1. The quantitative estimate of drug-likeness (QED) is 0.910. The van der Waals surface area contributed by atoms with E-state index in [1.54, 1.807) is 6.20 Å². The lowest BCUT2D eigenvalue weighted by Gasteiger charge is -2.34. The Bertz CT molecular complexity index is 542.